The van der Waals surface area contributed by atoms with E-state index >= 15 is 0 Å². The molecule has 0 fully saturated rings. The Balaban J connectivity index is 1.57. The van der Waals surface area contributed by atoms with Crippen LogP contribution in [0, 0.1) is 0 Å². The Kier molecular flexibility index (Phi) is 4.93. The number of hydrogen-bond acceptors (Lipinski definition) is 3. The molecule has 130 valence electrons. The number of fused-ring (bicyclic) bond motifs is 1. The molecule has 0 saturated carbocycles. The third-order valence-electron chi connectivity index (χ3n) is 4.29. The number of thioether (sulfide) groups is 1. The lowest BCUT2D eigenvalue weighted by Gasteiger charge is -2.17. The van der Waals surface area contributed by atoms with Gasteiger partial charge in [0.2, 0.25) is 5.91 Å². The van der Waals surface area contributed by atoms with E-state index in [0.717, 1.165) is 33.9 Å². The second kappa shape index (κ2) is 7.67. The molecule has 1 aliphatic heterocycles. The van der Waals surface area contributed by atoms with Gasteiger partial charge in [0, 0.05) is 17.0 Å². The minimum Gasteiger partial charge on any atom is -0.493 e. The lowest BCUT2D eigenvalue weighted by atomic mass is 10.1. The highest BCUT2D eigenvalue weighted by Gasteiger charge is 2.22. The van der Waals surface area contributed by atoms with E-state index in [0.29, 0.717) is 6.61 Å². The summed E-state index contributed by atoms with van der Waals surface area (Å²) in [6, 6.07) is 25.7. The molecule has 26 heavy (non-hydrogen) atoms. The Morgan fingerprint density at radius 2 is 1.69 bits per heavy atom. The van der Waals surface area contributed by atoms with Gasteiger partial charge in [0.15, 0.2) is 0 Å². The first-order chi connectivity index (χ1) is 12.8. The monoisotopic (exact) mass is 361 g/mol. The van der Waals surface area contributed by atoms with E-state index in [1.165, 1.54) is 0 Å². The Morgan fingerprint density at radius 1 is 0.962 bits per heavy atom. The summed E-state index contributed by atoms with van der Waals surface area (Å²) in [6.45, 7) is 0.712. The molecule has 0 bridgehead atoms. The van der Waals surface area contributed by atoms with E-state index in [9.17, 15) is 4.79 Å². The van der Waals surface area contributed by atoms with E-state index in [4.69, 9.17) is 4.74 Å². The third kappa shape index (κ3) is 3.75. The topological polar surface area (TPSA) is 38.3 Å². The zero-order valence-corrected chi connectivity index (χ0v) is 15.0. The minimum absolute atomic E-state index is 0.0241. The van der Waals surface area contributed by atoms with Crippen molar-refractivity contribution in [1.82, 2.24) is 0 Å². The summed E-state index contributed by atoms with van der Waals surface area (Å²) >= 11 is 1.56. The molecule has 0 aliphatic carbocycles. The predicted octanol–water partition coefficient (Wildman–Crippen LogP) is 5.09. The van der Waals surface area contributed by atoms with Gasteiger partial charge in [-0.25, -0.2) is 0 Å². The summed E-state index contributed by atoms with van der Waals surface area (Å²) in [5.74, 6) is 0.894. The van der Waals surface area contributed by atoms with Crippen molar-refractivity contribution in [2.24, 2.45) is 0 Å². The van der Waals surface area contributed by atoms with Crippen LogP contribution in [-0.4, -0.2) is 12.5 Å². The molecule has 1 heterocycles. The molecule has 3 aromatic rings. The summed E-state index contributed by atoms with van der Waals surface area (Å²) in [7, 11) is 0. The molecule has 0 radical (unpaired) electrons. The van der Waals surface area contributed by atoms with Crippen molar-refractivity contribution in [1.29, 1.82) is 0 Å². The normalized spacial score (nSPS) is 13.5. The van der Waals surface area contributed by atoms with Gasteiger partial charge in [0.05, 0.1) is 6.61 Å². The van der Waals surface area contributed by atoms with E-state index in [2.05, 4.69) is 5.32 Å². The van der Waals surface area contributed by atoms with E-state index in [1.807, 2.05) is 78.9 Å². The fraction of sp³-hybridized carbons (Fsp3) is 0.136. The fourth-order valence-electron chi connectivity index (χ4n) is 3.01. The van der Waals surface area contributed by atoms with Gasteiger partial charge in [-0.1, -0.05) is 48.5 Å². The highest BCUT2D eigenvalue weighted by Crippen LogP contribution is 2.36. The van der Waals surface area contributed by atoms with Crippen molar-refractivity contribution in [3.63, 3.8) is 0 Å². The van der Waals surface area contributed by atoms with Gasteiger partial charge in [-0.15, -0.1) is 11.8 Å². The maximum Gasteiger partial charge on any atom is 0.242 e. The van der Waals surface area contributed by atoms with Gasteiger partial charge >= 0.3 is 0 Å². The van der Waals surface area contributed by atoms with Gasteiger partial charge in [0.25, 0.3) is 0 Å². The quantitative estimate of drug-likeness (QED) is 0.643. The standard InChI is InChI=1S/C22H19NO2S/c24-22(23-18-11-12-20-17(15-18)13-14-25-20)21(16-7-3-1-4-8-16)26-19-9-5-2-6-10-19/h1-12,15,21H,13-14H2,(H,23,24)/t21-/m1/s1. The van der Waals surface area contributed by atoms with Crippen molar-refractivity contribution < 1.29 is 9.53 Å². The molecule has 1 atom stereocenters. The zero-order chi connectivity index (χ0) is 17.8. The minimum atomic E-state index is -0.317. The molecular formula is C22H19NO2S. The van der Waals surface area contributed by atoms with Crippen LogP contribution in [-0.2, 0) is 11.2 Å². The fourth-order valence-corrected chi connectivity index (χ4v) is 4.05. The van der Waals surface area contributed by atoms with Crippen molar-refractivity contribution in [2.45, 2.75) is 16.6 Å². The van der Waals surface area contributed by atoms with Crippen molar-refractivity contribution in [2.75, 3.05) is 11.9 Å². The largest absolute Gasteiger partial charge is 0.493 e. The predicted molar refractivity (Wildman–Crippen MR) is 106 cm³/mol. The summed E-state index contributed by atoms with van der Waals surface area (Å²) in [5, 5.41) is 2.76. The van der Waals surface area contributed by atoms with Crippen molar-refractivity contribution in [3.05, 3.63) is 90.0 Å². The summed E-state index contributed by atoms with van der Waals surface area (Å²) in [5.41, 5.74) is 2.95. The first-order valence-electron chi connectivity index (χ1n) is 8.63. The molecule has 0 unspecified atom stereocenters. The first-order valence-corrected chi connectivity index (χ1v) is 9.51. The van der Waals surface area contributed by atoms with E-state index < -0.39 is 0 Å². The van der Waals surface area contributed by atoms with Crippen LogP contribution in [0.4, 0.5) is 5.69 Å². The van der Waals surface area contributed by atoms with Crippen LogP contribution in [0.25, 0.3) is 0 Å². The highest BCUT2D eigenvalue weighted by atomic mass is 32.2. The molecular weight excluding hydrogens is 342 g/mol. The van der Waals surface area contributed by atoms with Gasteiger partial charge in [-0.3, -0.25) is 4.79 Å². The SMILES string of the molecule is O=C(Nc1ccc2c(c1)CCO2)[C@H](Sc1ccccc1)c1ccccc1. The number of amides is 1. The molecule has 1 N–H and O–H groups in total. The second-order valence-electron chi connectivity index (χ2n) is 6.13. The maximum atomic E-state index is 13.1. The van der Waals surface area contributed by atoms with Crippen LogP contribution in [0.2, 0.25) is 0 Å². The number of benzene rings is 3. The van der Waals surface area contributed by atoms with Crippen molar-refractivity contribution >= 4 is 23.4 Å². The molecule has 1 amide bonds. The Morgan fingerprint density at radius 3 is 2.46 bits per heavy atom. The molecule has 3 aromatic carbocycles. The summed E-state index contributed by atoms with van der Waals surface area (Å²) < 4.78 is 5.54. The Bertz CT molecular complexity index is 897. The molecule has 0 aromatic heterocycles. The molecule has 4 heteroatoms. The molecule has 4 rings (SSSR count). The molecule has 1 aliphatic rings. The lowest BCUT2D eigenvalue weighted by Crippen LogP contribution is -2.19. The number of carbonyl (C=O) groups is 1. The number of anilines is 1. The number of carbonyl (C=O) groups excluding carboxylic acids is 1. The van der Waals surface area contributed by atoms with Crippen LogP contribution >= 0.6 is 11.8 Å². The third-order valence-corrected chi connectivity index (χ3v) is 5.56. The number of hydrogen-bond donors (Lipinski definition) is 1. The average molecular weight is 361 g/mol. The molecule has 0 saturated heterocycles. The van der Waals surface area contributed by atoms with Gasteiger partial charge in [-0.2, -0.15) is 0 Å². The van der Waals surface area contributed by atoms with Crippen molar-refractivity contribution in [3.8, 4) is 5.75 Å². The zero-order valence-electron chi connectivity index (χ0n) is 14.2. The van der Waals surface area contributed by atoms with Crippen LogP contribution in [0.3, 0.4) is 0 Å². The Labute approximate surface area is 157 Å². The number of rotatable bonds is 5. The van der Waals surface area contributed by atoms with Gasteiger partial charge in [0.1, 0.15) is 11.0 Å². The van der Waals surface area contributed by atoms with Crippen LogP contribution in [0.5, 0.6) is 5.75 Å². The van der Waals surface area contributed by atoms with Crippen LogP contribution in [0.15, 0.2) is 83.8 Å². The number of nitrogens with one attached hydrogen (secondary N) is 1. The first kappa shape index (κ1) is 16.7. The summed E-state index contributed by atoms with van der Waals surface area (Å²) in [6.07, 6.45) is 0.889. The molecule has 0 spiro atoms. The van der Waals surface area contributed by atoms with E-state index in [1.54, 1.807) is 11.8 Å². The average Bonchev–Trinajstić information content (AvgIpc) is 3.15. The van der Waals surface area contributed by atoms with Crippen LogP contribution in [0.1, 0.15) is 16.4 Å². The number of ether oxygens (including phenoxy) is 1. The summed E-state index contributed by atoms with van der Waals surface area (Å²) in [4.78, 5) is 14.1. The molecule has 3 nitrogen and oxygen atoms in total. The second-order valence-corrected chi connectivity index (χ2v) is 7.31. The smallest absolute Gasteiger partial charge is 0.242 e. The highest BCUT2D eigenvalue weighted by molar-refractivity contribution is 8.00. The van der Waals surface area contributed by atoms with Gasteiger partial charge < -0.3 is 10.1 Å². The van der Waals surface area contributed by atoms with Gasteiger partial charge in [-0.05, 0) is 41.5 Å². The lowest BCUT2D eigenvalue weighted by molar-refractivity contribution is -0.115. The van der Waals surface area contributed by atoms with Crippen LogP contribution < -0.4 is 10.1 Å². The Hall–Kier alpha value is -2.72. The van der Waals surface area contributed by atoms with E-state index in [-0.39, 0.29) is 11.2 Å². The maximum absolute atomic E-state index is 13.1.